The lowest BCUT2D eigenvalue weighted by atomic mass is 10.0. The first-order chi connectivity index (χ1) is 13.1. The fourth-order valence-electron chi connectivity index (χ4n) is 2.82. The highest BCUT2D eigenvalue weighted by atomic mass is 32.1. The van der Waals surface area contributed by atoms with Crippen molar-refractivity contribution in [3.8, 4) is 28.4 Å². The maximum absolute atomic E-state index is 9.68. The molecule has 5 nitrogen and oxygen atoms in total. The lowest BCUT2D eigenvalue weighted by Gasteiger charge is -2.14. The van der Waals surface area contributed by atoms with Crippen molar-refractivity contribution in [1.29, 1.82) is 0 Å². The van der Waals surface area contributed by atoms with Crippen LogP contribution in [0, 0.1) is 6.92 Å². The van der Waals surface area contributed by atoms with Gasteiger partial charge in [0.05, 0.1) is 26.2 Å². The van der Waals surface area contributed by atoms with Gasteiger partial charge < -0.3 is 19.4 Å². The fraction of sp³-hybridized carbons (Fsp3) is 0.190. The zero-order valence-corrected chi connectivity index (χ0v) is 16.5. The molecule has 27 heavy (non-hydrogen) atoms. The minimum absolute atomic E-state index is 0.442. The number of thiophene rings is 1. The van der Waals surface area contributed by atoms with Gasteiger partial charge in [-0.05, 0) is 41.6 Å². The summed E-state index contributed by atoms with van der Waals surface area (Å²) in [6.45, 7) is 2.06. The molecular weight excluding hydrogens is 362 g/mol. The van der Waals surface area contributed by atoms with Gasteiger partial charge >= 0.3 is 0 Å². The van der Waals surface area contributed by atoms with Crippen LogP contribution in [0.4, 0.5) is 0 Å². The topological polar surface area (TPSA) is 60.3 Å². The molecule has 1 N–H and O–H groups in total. The molecule has 0 aliphatic rings. The molecule has 3 aromatic rings. The standard InChI is InChI=1S/C21H21NO4S/c1-13-5-7-14(8-6-13)16-11-19(27-12-16)20(22-23)15-9-17(24-2)21(26-4)18(10-15)25-3/h5-12,23H,1-4H3. The van der Waals surface area contributed by atoms with E-state index in [1.54, 1.807) is 33.5 Å². The summed E-state index contributed by atoms with van der Waals surface area (Å²) in [5, 5.41) is 15.3. The number of nitrogens with zero attached hydrogens (tertiary/aromatic N) is 1. The molecule has 0 aliphatic carbocycles. The van der Waals surface area contributed by atoms with E-state index in [-0.39, 0.29) is 0 Å². The second kappa shape index (κ2) is 8.14. The van der Waals surface area contributed by atoms with Crippen molar-refractivity contribution in [2.45, 2.75) is 6.92 Å². The zero-order valence-electron chi connectivity index (χ0n) is 15.6. The van der Waals surface area contributed by atoms with Crippen molar-refractivity contribution < 1.29 is 19.4 Å². The van der Waals surface area contributed by atoms with Crippen LogP contribution < -0.4 is 14.2 Å². The second-order valence-corrected chi connectivity index (χ2v) is 6.84. The number of methoxy groups -OCH3 is 3. The Morgan fingerprint density at radius 3 is 2.04 bits per heavy atom. The summed E-state index contributed by atoms with van der Waals surface area (Å²) in [5.74, 6) is 1.50. The van der Waals surface area contributed by atoms with Crippen LogP contribution in [-0.2, 0) is 0 Å². The summed E-state index contributed by atoms with van der Waals surface area (Å²) >= 11 is 1.51. The molecule has 3 rings (SSSR count). The molecule has 0 amide bonds. The monoisotopic (exact) mass is 383 g/mol. The van der Waals surface area contributed by atoms with Gasteiger partial charge in [0.25, 0.3) is 0 Å². The van der Waals surface area contributed by atoms with E-state index >= 15 is 0 Å². The minimum atomic E-state index is 0.442. The number of rotatable bonds is 6. The molecule has 0 aliphatic heterocycles. The highest BCUT2D eigenvalue weighted by Gasteiger charge is 2.18. The molecule has 140 valence electrons. The molecule has 0 bridgehead atoms. The lowest BCUT2D eigenvalue weighted by molar-refractivity contribution is 0.318. The Kier molecular flexibility index (Phi) is 5.66. The predicted octanol–water partition coefficient (Wildman–Crippen LogP) is 4.98. The number of hydrogen-bond acceptors (Lipinski definition) is 6. The molecule has 0 atom stereocenters. The normalized spacial score (nSPS) is 11.3. The predicted molar refractivity (Wildman–Crippen MR) is 108 cm³/mol. The summed E-state index contributed by atoms with van der Waals surface area (Å²) in [6.07, 6.45) is 0. The Bertz CT molecular complexity index is 936. The minimum Gasteiger partial charge on any atom is -0.493 e. The van der Waals surface area contributed by atoms with Gasteiger partial charge in [-0.2, -0.15) is 0 Å². The SMILES string of the molecule is COc1cc(C(=NO)c2cc(-c3ccc(C)cc3)cs2)cc(OC)c1OC. The zero-order chi connectivity index (χ0) is 19.4. The van der Waals surface area contributed by atoms with Gasteiger partial charge in [-0.15, -0.1) is 11.3 Å². The molecular formula is C21H21NO4S. The molecule has 1 heterocycles. The van der Waals surface area contributed by atoms with Crippen LogP contribution in [-0.4, -0.2) is 32.2 Å². The summed E-state index contributed by atoms with van der Waals surface area (Å²) < 4.78 is 16.1. The maximum atomic E-state index is 9.68. The van der Waals surface area contributed by atoms with Gasteiger partial charge in [0.1, 0.15) is 5.71 Å². The third kappa shape index (κ3) is 3.75. The van der Waals surface area contributed by atoms with E-state index in [0.29, 0.717) is 28.5 Å². The van der Waals surface area contributed by atoms with Gasteiger partial charge in [0, 0.05) is 5.56 Å². The molecule has 0 fully saturated rings. The van der Waals surface area contributed by atoms with Gasteiger partial charge in [0.15, 0.2) is 11.5 Å². The van der Waals surface area contributed by atoms with Crippen LogP contribution in [0.1, 0.15) is 16.0 Å². The van der Waals surface area contributed by atoms with Crippen molar-refractivity contribution in [2.24, 2.45) is 5.16 Å². The fourth-order valence-corrected chi connectivity index (χ4v) is 3.75. The van der Waals surface area contributed by atoms with E-state index < -0.39 is 0 Å². The maximum Gasteiger partial charge on any atom is 0.203 e. The summed E-state index contributed by atoms with van der Waals surface area (Å²) in [5.41, 5.74) is 4.51. The average Bonchev–Trinajstić information content (AvgIpc) is 3.18. The van der Waals surface area contributed by atoms with E-state index in [9.17, 15) is 5.21 Å². The molecule has 1 aromatic heterocycles. The van der Waals surface area contributed by atoms with Gasteiger partial charge in [-0.1, -0.05) is 35.0 Å². The Labute approximate surface area is 162 Å². The van der Waals surface area contributed by atoms with E-state index in [2.05, 4.69) is 36.3 Å². The first kappa shape index (κ1) is 18.8. The number of aryl methyl sites for hydroxylation is 1. The van der Waals surface area contributed by atoms with E-state index in [1.807, 2.05) is 11.4 Å². The number of benzene rings is 2. The Balaban J connectivity index is 2.02. The molecule has 0 saturated carbocycles. The number of oxime groups is 1. The van der Waals surface area contributed by atoms with E-state index in [0.717, 1.165) is 16.0 Å². The van der Waals surface area contributed by atoms with Crippen molar-refractivity contribution in [3.63, 3.8) is 0 Å². The van der Waals surface area contributed by atoms with Crippen molar-refractivity contribution in [3.05, 3.63) is 63.8 Å². The molecule has 6 heteroatoms. The highest BCUT2D eigenvalue weighted by Crippen LogP contribution is 2.39. The third-order valence-corrected chi connectivity index (χ3v) is 5.19. The van der Waals surface area contributed by atoms with Crippen molar-refractivity contribution in [1.82, 2.24) is 0 Å². The third-order valence-electron chi connectivity index (χ3n) is 4.26. The summed E-state index contributed by atoms with van der Waals surface area (Å²) in [7, 11) is 4.66. The Morgan fingerprint density at radius 2 is 1.52 bits per heavy atom. The van der Waals surface area contributed by atoms with Crippen LogP contribution in [0.2, 0.25) is 0 Å². The average molecular weight is 383 g/mol. The molecule has 0 saturated heterocycles. The molecule has 0 radical (unpaired) electrons. The smallest absolute Gasteiger partial charge is 0.203 e. The van der Waals surface area contributed by atoms with Crippen molar-refractivity contribution >= 4 is 17.0 Å². The van der Waals surface area contributed by atoms with E-state index in [1.165, 1.54) is 16.9 Å². The van der Waals surface area contributed by atoms with Gasteiger partial charge in [-0.25, -0.2) is 0 Å². The number of hydrogen-bond donors (Lipinski definition) is 1. The summed E-state index contributed by atoms with van der Waals surface area (Å²) in [4.78, 5) is 0.836. The Morgan fingerprint density at radius 1 is 0.889 bits per heavy atom. The highest BCUT2D eigenvalue weighted by molar-refractivity contribution is 7.12. The van der Waals surface area contributed by atoms with Crippen LogP contribution >= 0.6 is 11.3 Å². The van der Waals surface area contributed by atoms with Crippen molar-refractivity contribution in [2.75, 3.05) is 21.3 Å². The second-order valence-electron chi connectivity index (χ2n) is 5.93. The summed E-state index contributed by atoms with van der Waals surface area (Å²) in [6, 6.07) is 13.9. The molecule has 2 aromatic carbocycles. The largest absolute Gasteiger partial charge is 0.493 e. The Hall–Kier alpha value is -2.99. The van der Waals surface area contributed by atoms with Crippen LogP contribution in [0.3, 0.4) is 0 Å². The quantitative estimate of drug-likeness (QED) is 0.371. The lowest BCUT2D eigenvalue weighted by Crippen LogP contribution is -2.04. The van der Waals surface area contributed by atoms with Gasteiger partial charge in [-0.3, -0.25) is 0 Å². The first-order valence-electron chi connectivity index (χ1n) is 8.29. The van der Waals surface area contributed by atoms with Crippen LogP contribution in [0.25, 0.3) is 11.1 Å². The van der Waals surface area contributed by atoms with Crippen LogP contribution in [0.15, 0.2) is 53.0 Å². The first-order valence-corrected chi connectivity index (χ1v) is 9.17. The van der Waals surface area contributed by atoms with Crippen LogP contribution in [0.5, 0.6) is 17.2 Å². The molecule has 0 spiro atoms. The number of ether oxygens (including phenoxy) is 3. The van der Waals surface area contributed by atoms with Gasteiger partial charge in [0.2, 0.25) is 5.75 Å². The molecule has 0 unspecified atom stereocenters. The van der Waals surface area contributed by atoms with E-state index in [4.69, 9.17) is 14.2 Å².